The molecule has 0 radical (unpaired) electrons. The quantitative estimate of drug-likeness (QED) is 0.832. The Hall–Kier alpha value is -1.67. The Morgan fingerprint density at radius 3 is 2.42 bits per heavy atom. The zero-order chi connectivity index (χ0) is 19.1. The van der Waals surface area contributed by atoms with Gasteiger partial charge in [0.1, 0.15) is 5.37 Å². The van der Waals surface area contributed by atoms with Crippen molar-refractivity contribution in [1.29, 1.82) is 4.78 Å². The molecule has 0 fully saturated rings. The smallest absolute Gasteiger partial charge is 0.242 e. The molecule has 5 nitrogen and oxygen atoms in total. The van der Waals surface area contributed by atoms with Gasteiger partial charge in [-0.3, -0.25) is 4.78 Å². The molecule has 3 rings (SSSR count). The molecule has 0 aliphatic carbocycles. The van der Waals surface area contributed by atoms with E-state index in [-0.39, 0.29) is 10.3 Å². The molecule has 138 valence electrons. The summed E-state index contributed by atoms with van der Waals surface area (Å²) in [5, 5.41) is 2.12. The average Bonchev–Trinajstić information content (AvgIpc) is 2.89. The predicted molar refractivity (Wildman–Crippen MR) is 107 cm³/mol. The van der Waals surface area contributed by atoms with Crippen LogP contribution in [0.3, 0.4) is 0 Å². The highest BCUT2D eigenvalue weighted by Crippen LogP contribution is 2.39. The fraction of sp³-hybridized carbons (Fsp3) is 0.222. The molecular formula is C18H20ClN3O2S2. The van der Waals surface area contributed by atoms with Crippen LogP contribution in [0.15, 0.2) is 58.8 Å². The molecule has 0 amide bonds. The highest BCUT2D eigenvalue weighted by molar-refractivity contribution is 7.89. The fourth-order valence-electron chi connectivity index (χ4n) is 2.89. The van der Waals surface area contributed by atoms with Crippen LogP contribution in [0, 0.1) is 4.78 Å². The van der Waals surface area contributed by atoms with Crippen molar-refractivity contribution in [2.24, 2.45) is 0 Å². The van der Waals surface area contributed by atoms with Crippen LogP contribution in [0.5, 0.6) is 0 Å². The van der Waals surface area contributed by atoms with E-state index in [1.165, 1.54) is 20.2 Å². The summed E-state index contributed by atoms with van der Waals surface area (Å²) in [6.07, 6.45) is 0. The number of rotatable bonds is 4. The molecule has 1 aliphatic rings. The van der Waals surface area contributed by atoms with Crippen LogP contribution in [0.2, 0.25) is 5.02 Å². The van der Waals surface area contributed by atoms with Gasteiger partial charge in [-0.1, -0.05) is 52.6 Å². The number of nitrogens with one attached hydrogen (secondary N) is 1. The molecule has 26 heavy (non-hydrogen) atoms. The molecule has 8 heteroatoms. The fourth-order valence-corrected chi connectivity index (χ4v) is 5.74. The Morgan fingerprint density at radius 2 is 1.81 bits per heavy atom. The Kier molecular flexibility index (Phi) is 5.25. The SMILES string of the molecule is CN1C(c2cc(Cl)cc(S(=O)(=O)N(C)C)c2)=CS(=N)C1c1ccccc1. The van der Waals surface area contributed by atoms with Gasteiger partial charge in [0.2, 0.25) is 10.0 Å². The molecule has 1 heterocycles. The van der Waals surface area contributed by atoms with Crippen LogP contribution >= 0.6 is 11.6 Å². The Balaban J connectivity index is 2.04. The molecular weight excluding hydrogens is 390 g/mol. The first-order valence-corrected chi connectivity index (χ1v) is 11.0. The molecule has 1 aliphatic heterocycles. The van der Waals surface area contributed by atoms with E-state index in [1.54, 1.807) is 12.1 Å². The second-order valence-corrected chi connectivity index (χ2v) is 10.2. The minimum absolute atomic E-state index is 0.0981. The van der Waals surface area contributed by atoms with Crippen LogP contribution in [0.4, 0.5) is 0 Å². The molecule has 0 bridgehead atoms. The first-order chi connectivity index (χ1) is 12.2. The van der Waals surface area contributed by atoms with Gasteiger partial charge in [-0.15, -0.1) is 0 Å². The molecule has 2 aromatic rings. The third kappa shape index (κ3) is 3.44. The Morgan fingerprint density at radius 1 is 1.15 bits per heavy atom. The average molecular weight is 410 g/mol. The highest BCUT2D eigenvalue weighted by atomic mass is 35.5. The molecule has 0 saturated carbocycles. The maximum absolute atomic E-state index is 12.5. The lowest BCUT2D eigenvalue weighted by molar-refractivity contribution is 0.468. The van der Waals surface area contributed by atoms with Crippen molar-refractivity contribution in [1.82, 2.24) is 9.21 Å². The van der Waals surface area contributed by atoms with Gasteiger partial charge in [0.25, 0.3) is 0 Å². The van der Waals surface area contributed by atoms with Crippen LogP contribution in [0.25, 0.3) is 5.70 Å². The normalized spacial score (nSPS) is 20.5. The molecule has 2 aromatic carbocycles. The molecule has 0 aromatic heterocycles. The first-order valence-electron chi connectivity index (χ1n) is 7.88. The number of sulfonamides is 1. The number of nitrogens with zero attached hydrogens (tertiary/aromatic N) is 2. The van der Waals surface area contributed by atoms with E-state index >= 15 is 0 Å². The van der Waals surface area contributed by atoms with E-state index in [0.29, 0.717) is 10.6 Å². The number of hydrogen-bond donors (Lipinski definition) is 1. The summed E-state index contributed by atoms with van der Waals surface area (Å²) < 4.78 is 34.6. The van der Waals surface area contributed by atoms with Gasteiger partial charge in [-0.25, -0.2) is 12.7 Å². The van der Waals surface area contributed by atoms with Crippen molar-refractivity contribution in [3.8, 4) is 0 Å². The third-order valence-electron chi connectivity index (χ3n) is 4.24. The monoisotopic (exact) mass is 409 g/mol. The van der Waals surface area contributed by atoms with E-state index < -0.39 is 20.7 Å². The van der Waals surface area contributed by atoms with Gasteiger partial charge in [0.05, 0.1) is 10.6 Å². The van der Waals surface area contributed by atoms with Gasteiger partial charge >= 0.3 is 0 Å². The van der Waals surface area contributed by atoms with E-state index in [0.717, 1.165) is 15.6 Å². The van der Waals surface area contributed by atoms with Crippen molar-refractivity contribution in [3.63, 3.8) is 0 Å². The van der Waals surface area contributed by atoms with Crippen molar-refractivity contribution in [2.45, 2.75) is 10.3 Å². The maximum atomic E-state index is 12.5. The van der Waals surface area contributed by atoms with Crippen LogP contribution < -0.4 is 0 Å². The van der Waals surface area contributed by atoms with Crippen molar-refractivity contribution in [2.75, 3.05) is 21.1 Å². The minimum atomic E-state index is -3.59. The van der Waals surface area contributed by atoms with Crippen LogP contribution in [-0.4, -0.2) is 38.8 Å². The lowest BCUT2D eigenvalue weighted by Crippen LogP contribution is -2.23. The molecule has 0 spiro atoms. The summed E-state index contributed by atoms with van der Waals surface area (Å²) >= 11 is 6.20. The molecule has 2 unspecified atom stereocenters. The lowest BCUT2D eigenvalue weighted by atomic mass is 10.1. The summed E-state index contributed by atoms with van der Waals surface area (Å²) in [5.74, 6) is 0. The standard InChI is InChI=1S/C18H20ClN3O2S2/c1-21(2)26(23,24)16-10-14(9-15(19)11-16)17-12-25(20)18(22(17)3)13-7-5-4-6-8-13/h4-12,18,20H,1-3H3. The molecule has 2 atom stereocenters. The van der Waals surface area contributed by atoms with Gasteiger partial charge in [-0.2, -0.15) is 0 Å². The number of hydrogen-bond acceptors (Lipinski definition) is 4. The third-order valence-corrected chi connectivity index (χ3v) is 7.80. The van der Waals surface area contributed by atoms with Crippen LogP contribution in [0.1, 0.15) is 16.5 Å². The second kappa shape index (κ2) is 7.15. The van der Waals surface area contributed by atoms with E-state index in [4.69, 9.17) is 16.4 Å². The zero-order valence-electron chi connectivity index (χ0n) is 14.7. The maximum Gasteiger partial charge on any atom is 0.242 e. The summed E-state index contributed by atoms with van der Waals surface area (Å²) in [6.45, 7) is 0. The topological polar surface area (TPSA) is 64.5 Å². The summed E-state index contributed by atoms with van der Waals surface area (Å²) in [4.78, 5) is 2.16. The largest absolute Gasteiger partial charge is 0.357 e. The highest BCUT2D eigenvalue weighted by Gasteiger charge is 2.30. The van der Waals surface area contributed by atoms with Crippen molar-refractivity contribution in [3.05, 3.63) is 70.1 Å². The summed E-state index contributed by atoms with van der Waals surface area (Å²) in [5.41, 5.74) is 2.57. The second-order valence-electron chi connectivity index (χ2n) is 6.21. The van der Waals surface area contributed by atoms with Gasteiger partial charge in [-0.05, 0) is 23.8 Å². The van der Waals surface area contributed by atoms with E-state index in [1.807, 2.05) is 47.7 Å². The van der Waals surface area contributed by atoms with E-state index in [9.17, 15) is 8.42 Å². The van der Waals surface area contributed by atoms with E-state index in [2.05, 4.69) is 0 Å². The minimum Gasteiger partial charge on any atom is -0.357 e. The van der Waals surface area contributed by atoms with Crippen LogP contribution in [-0.2, 0) is 20.7 Å². The van der Waals surface area contributed by atoms with Crippen molar-refractivity contribution >= 4 is 38.0 Å². The van der Waals surface area contributed by atoms with Crippen molar-refractivity contribution < 1.29 is 8.42 Å². The zero-order valence-corrected chi connectivity index (χ0v) is 17.1. The number of benzene rings is 2. The van der Waals surface area contributed by atoms with Gasteiger partial charge in [0.15, 0.2) is 0 Å². The molecule has 1 N–H and O–H groups in total. The summed E-state index contributed by atoms with van der Waals surface area (Å²) in [6, 6.07) is 14.7. The molecule has 0 saturated heterocycles. The van der Waals surface area contributed by atoms with Gasteiger partial charge < -0.3 is 4.90 Å². The first kappa shape index (κ1) is 19.1. The Bertz CT molecular complexity index is 989. The lowest BCUT2D eigenvalue weighted by Gasteiger charge is -2.26. The van der Waals surface area contributed by atoms with Gasteiger partial charge in [0, 0.05) is 37.1 Å². The number of halogens is 1. The summed E-state index contributed by atoms with van der Waals surface area (Å²) in [7, 11) is 0.558. The predicted octanol–water partition coefficient (Wildman–Crippen LogP) is 3.91. The Labute approximate surface area is 161 Å².